The molecule has 1 aromatic heterocycles. The Balaban J connectivity index is 2.39. The Kier molecular flexibility index (Phi) is 3.54. The van der Waals surface area contributed by atoms with Crippen molar-refractivity contribution in [2.24, 2.45) is 0 Å². The van der Waals surface area contributed by atoms with E-state index >= 15 is 0 Å². The van der Waals surface area contributed by atoms with Crippen molar-refractivity contribution in [1.82, 2.24) is 4.98 Å². The average molecular weight is 310 g/mol. The van der Waals surface area contributed by atoms with Crippen molar-refractivity contribution in [3.63, 3.8) is 0 Å². The molecule has 1 heterocycles. The zero-order valence-electron chi connectivity index (χ0n) is 9.09. The van der Waals surface area contributed by atoms with Crippen molar-refractivity contribution in [3.05, 3.63) is 55.1 Å². The summed E-state index contributed by atoms with van der Waals surface area (Å²) >= 11 is 1.09. The van der Waals surface area contributed by atoms with Gasteiger partial charge < -0.3 is 0 Å². The van der Waals surface area contributed by atoms with Gasteiger partial charge in [0.1, 0.15) is 0 Å². The van der Waals surface area contributed by atoms with Gasteiger partial charge in [0.2, 0.25) is 0 Å². The fourth-order valence-corrected chi connectivity index (χ4v) is 2.69. The second-order valence-corrected chi connectivity index (χ2v) is 5.31. The molecule has 0 amide bonds. The third kappa shape index (κ3) is 2.40. The Morgan fingerprint density at radius 2 is 1.88 bits per heavy atom. The predicted molar refractivity (Wildman–Crippen MR) is 67.5 cm³/mol. The summed E-state index contributed by atoms with van der Waals surface area (Å²) in [5.74, 6) is 0.877. The first kappa shape index (κ1) is 11.5. The molecular weight excluding hydrogens is 299 g/mol. The standard InChI is InChI=1S/C13H11N2.In/c1-11-7-6-10-13(14-11)15(2)12-8-4-3-5-9-12;/h1,3-8,10H,2H3;. The molecule has 0 aliphatic rings. The van der Waals surface area contributed by atoms with E-state index in [1.54, 1.807) is 6.07 Å². The van der Waals surface area contributed by atoms with Crippen LogP contribution in [0, 0.1) is 6.92 Å². The van der Waals surface area contributed by atoms with Crippen molar-refractivity contribution < 1.29 is 0 Å². The summed E-state index contributed by atoms with van der Waals surface area (Å²) in [7, 11) is 2.01. The molecule has 0 saturated heterocycles. The summed E-state index contributed by atoms with van der Waals surface area (Å²) in [6.07, 6.45) is 0. The molecule has 0 bridgehead atoms. The Labute approximate surface area is 111 Å². The van der Waals surface area contributed by atoms with E-state index < -0.39 is 0 Å². The van der Waals surface area contributed by atoms with Crippen LogP contribution in [0.25, 0.3) is 0 Å². The number of hydrogen-bond acceptors (Lipinski definition) is 2. The summed E-state index contributed by atoms with van der Waals surface area (Å²) in [6, 6.07) is 14.0. The monoisotopic (exact) mass is 310 g/mol. The fraction of sp³-hybridized carbons (Fsp3) is 0.0769. The first-order valence-corrected chi connectivity index (χ1v) is 6.64. The first-order valence-electron chi connectivity index (χ1n) is 4.99. The van der Waals surface area contributed by atoms with Gasteiger partial charge >= 0.3 is 111 Å². The number of aromatic nitrogens is 1. The van der Waals surface area contributed by atoms with E-state index in [0.717, 1.165) is 30.2 Å². The zero-order valence-corrected chi connectivity index (χ0v) is 12.4. The van der Waals surface area contributed by atoms with Crippen LogP contribution in [-0.4, -0.2) is 36.4 Å². The molecule has 1 aromatic carbocycles. The molecule has 2 nitrogen and oxygen atoms in total. The van der Waals surface area contributed by atoms with Crippen LogP contribution >= 0.6 is 0 Å². The van der Waals surface area contributed by atoms with Crippen LogP contribution in [0.5, 0.6) is 0 Å². The third-order valence-electron chi connectivity index (χ3n) is 2.40. The SMILES string of the molecule is [CH]c1cccc(N(C)c2cccc[c]2[In])n1. The molecule has 0 fully saturated rings. The van der Waals surface area contributed by atoms with Gasteiger partial charge in [0.15, 0.2) is 0 Å². The molecule has 0 saturated carbocycles. The normalized spacial score (nSPS) is 10.1. The molecule has 4 radical (unpaired) electrons. The van der Waals surface area contributed by atoms with Crippen LogP contribution in [0.4, 0.5) is 11.5 Å². The van der Waals surface area contributed by atoms with Gasteiger partial charge in [-0.25, -0.2) is 0 Å². The van der Waals surface area contributed by atoms with E-state index in [1.165, 1.54) is 9.01 Å². The molecule has 0 N–H and O–H groups in total. The van der Waals surface area contributed by atoms with Crippen LogP contribution in [0.1, 0.15) is 5.69 Å². The average Bonchev–Trinajstić information content (AvgIpc) is 2.29. The van der Waals surface area contributed by atoms with Crippen molar-refractivity contribution in [3.8, 4) is 0 Å². The van der Waals surface area contributed by atoms with E-state index in [0.29, 0.717) is 5.69 Å². The number of pyridine rings is 1. The molecule has 0 spiro atoms. The van der Waals surface area contributed by atoms with Crippen LogP contribution in [0.2, 0.25) is 0 Å². The molecule has 0 atom stereocenters. The second-order valence-electron chi connectivity index (χ2n) is 3.54. The Hall–Kier alpha value is -0.960. The maximum absolute atomic E-state index is 5.68. The molecule has 0 aliphatic carbocycles. The maximum atomic E-state index is 5.68. The van der Waals surface area contributed by atoms with Crippen LogP contribution in [0.3, 0.4) is 0 Å². The topological polar surface area (TPSA) is 16.1 Å². The number of nitrogens with zero attached hydrogens (tertiary/aromatic N) is 2. The third-order valence-corrected chi connectivity index (χ3v) is 3.79. The summed E-state index contributed by atoms with van der Waals surface area (Å²) in [5, 5.41) is 0. The fourth-order valence-electron chi connectivity index (χ4n) is 1.54. The molecule has 16 heavy (non-hydrogen) atoms. The summed E-state index contributed by atoms with van der Waals surface area (Å²) in [5.41, 5.74) is 1.75. The van der Waals surface area contributed by atoms with Gasteiger partial charge in [-0.1, -0.05) is 0 Å². The van der Waals surface area contributed by atoms with Crippen LogP contribution in [-0.2, 0) is 0 Å². The zero-order chi connectivity index (χ0) is 11.5. The summed E-state index contributed by atoms with van der Waals surface area (Å²) in [4.78, 5) is 6.37. The van der Waals surface area contributed by atoms with Gasteiger partial charge in [0, 0.05) is 0 Å². The van der Waals surface area contributed by atoms with E-state index in [4.69, 9.17) is 6.92 Å². The molecule has 0 unspecified atom stereocenters. The number of hydrogen-bond donors (Lipinski definition) is 0. The van der Waals surface area contributed by atoms with E-state index in [9.17, 15) is 0 Å². The van der Waals surface area contributed by atoms with Gasteiger partial charge in [0.25, 0.3) is 0 Å². The minimum atomic E-state index is 0.550. The molecule has 3 heteroatoms. The van der Waals surface area contributed by atoms with E-state index in [-0.39, 0.29) is 0 Å². The number of rotatable bonds is 2. The quantitative estimate of drug-likeness (QED) is 0.839. The molecule has 0 aliphatic heterocycles. The van der Waals surface area contributed by atoms with Crippen LogP contribution < -0.4 is 8.22 Å². The Morgan fingerprint density at radius 3 is 2.56 bits per heavy atom. The molecule has 2 aromatic rings. The molecule has 2 rings (SSSR count). The first-order chi connectivity index (χ1) is 7.68. The van der Waals surface area contributed by atoms with E-state index in [1.807, 2.05) is 25.2 Å². The number of para-hydroxylation sites is 1. The van der Waals surface area contributed by atoms with Crippen molar-refractivity contribution >= 4 is 39.2 Å². The molecular formula is C13H11InN2. The summed E-state index contributed by atoms with van der Waals surface area (Å²) < 4.78 is 1.35. The van der Waals surface area contributed by atoms with Gasteiger partial charge in [-0.2, -0.15) is 0 Å². The van der Waals surface area contributed by atoms with E-state index in [2.05, 4.69) is 28.1 Å². The van der Waals surface area contributed by atoms with Gasteiger partial charge in [-0.15, -0.1) is 0 Å². The number of benzene rings is 1. The second kappa shape index (κ2) is 4.91. The summed E-state index contributed by atoms with van der Waals surface area (Å²) in [6.45, 7) is 5.68. The van der Waals surface area contributed by atoms with Crippen molar-refractivity contribution in [1.29, 1.82) is 0 Å². The Bertz CT molecular complexity index is 497. The van der Waals surface area contributed by atoms with Crippen molar-refractivity contribution in [2.45, 2.75) is 0 Å². The Morgan fingerprint density at radius 1 is 1.12 bits per heavy atom. The van der Waals surface area contributed by atoms with Gasteiger partial charge in [-0.05, 0) is 0 Å². The minimum absolute atomic E-state index is 0.550. The number of anilines is 2. The van der Waals surface area contributed by atoms with Crippen LogP contribution in [0.15, 0.2) is 42.5 Å². The van der Waals surface area contributed by atoms with Gasteiger partial charge in [0.05, 0.1) is 0 Å². The predicted octanol–water partition coefficient (Wildman–Crippen LogP) is 1.70. The van der Waals surface area contributed by atoms with Crippen molar-refractivity contribution in [2.75, 3.05) is 11.9 Å². The van der Waals surface area contributed by atoms with Gasteiger partial charge in [-0.3, -0.25) is 0 Å². The molecule has 76 valence electrons.